The first kappa shape index (κ1) is 52.2. The van der Waals surface area contributed by atoms with Crippen LogP contribution in [0.3, 0.4) is 0 Å². The monoisotopic (exact) mass is 1070 g/mol. The summed E-state index contributed by atoms with van der Waals surface area (Å²) in [6.45, 7) is 40.0. The highest BCUT2D eigenvalue weighted by Gasteiger charge is 2.59. The highest BCUT2D eigenvalue weighted by Crippen LogP contribution is 2.63. The first-order valence-corrected chi connectivity index (χ1v) is 31.9. The number of rotatable bonds is 3. The van der Waals surface area contributed by atoms with Crippen molar-refractivity contribution in [1.29, 1.82) is 0 Å². The summed E-state index contributed by atoms with van der Waals surface area (Å²) >= 11 is 0. The first-order chi connectivity index (χ1) is 38.2. The van der Waals surface area contributed by atoms with Gasteiger partial charge in [-0.2, -0.15) is 0 Å². The Hall–Kier alpha value is -5.68. The maximum absolute atomic E-state index is 7.89. The molecule has 4 unspecified atom stereocenters. The fourth-order valence-electron chi connectivity index (χ4n) is 18.5. The molecule has 5 heteroatoms. The van der Waals surface area contributed by atoms with Crippen LogP contribution in [0, 0.1) is 0 Å². The average molecular weight is 1070 g/mol. The Balaban J connectivity index is 1.11. The predicted molar refractivity (Wildman–Crippen MR) is 345 cm³/mol. The van der Waals surface area contributed by atoms with Gasteiger partial charge >= 0.3 is 0 Å². The minimum absolute atomic E-state index is 0.00442. The van der Waals surface area contributed by atoms with Crippen molar-refractivity contribution in [3.05, 3.63) is 147 Å². The van der Waals surface area contributed by atoms with Gasteiger partial charge in [-0.3, -0.25) is 0 Å². The summed E-state index contributed by atoms with van der Waals surface area (Å²) in [4.78, 5) is 8.39. The standard InChI is InChI=1S/C76H90BN3O/c1-45-23-24-46(2)51-42-65-52(41-50(45)51)67-68(81-65)77-60-43-58-59(74(13,14)36-35-73(58,11)12)44-62(60)78(47-25-27-53-56(37-47)71(7,8)33-31-69(53,3)4)63-39-49(80-61-22-18-17-21-55(61)75(15)29-19-20-30-76(75,80)16)40-64(66(63)77)79(67)48-26-28-54-57(38-48)72(9,10)34-32-70(54,5)6/h17-18,21-22,25-28,37-46H,19-20,23-24,29-36H2,1-16H3. The van der Waals surface area contributed by atoms with Crippen LogP contribution in [0.15, 0.2) is 101 Å². The normalized spacial score (nSPS) is 27.0. The molecule has 0 saturated heterocycles. The summed E-state index contributed by atoms with van der Waals surface area (Å²) in [5, 5.41) is 1.25. The summed E-state index contributed by atoms with van der Waals surface area (Å²) in [5.41, 5.74) is 28.7. The third-order valence-electron chi connectivity index (χ3n) is 24.4. The molecule has 4 heterocycles. The minimum atomic E-state index is -0.144. The van der Waals surface area contributed by atoms with Crippen molar-refractivity contribution in [2.24, 2.45) is 0 Å². The van der Waals surface area contributed by atoms with Crippen LogP contribution in [0.5, 0.6) is 0 Å². The van der Waals surface area contributed by atoms with Gasteiger partial charge in [0, 0.05) is 50.6 Å². The molecule has 1 fully saturated rings. The Kier molecular flexibility index (Phi) is 10.7. The van der Waals surface area contributed by atoms with E-state index in [2.05, 4.69) is 223 Å². The average Bonchev–Trinajstić information content (AvgIpc) is 2.09. The van der Waals surface area contributed by atoms with E-state index in [1.807, 2.05) is 0 Å². The van der Waals surface area contributed by atoms with E-state index in [0.717, 1.165) is 36.9 Å². The van der Waals surface area contributed by atoms with Gasteiger partial charge in [0.2, 0.25) is 0 Å². The van der Waals surface area contributed by atoms with Crippen molar-refractivity contribution in [1.82, 2.24) is 0 Å². The van der Waals surface area contributed by atoms with Gasteiger partial charge in [-0.25, -0.2) is 0 Å². The van der Waals surface area contributed by atoms with E-state index in [9.17, 15) is 0 Å². The zero-order valence-corrected chi connectivity index (χ0v) is 52.2. The van der Waals surface area contributed by atoms with Crippen molar-refractivity contribution in [3.8, 4) is 0 Å². The highest BCUT2D eigenvalue weighted by atomic mass is 16.3. The molecule has 15 rings (SSSR count). The maximum Gasteiger partial charge on any atom is 0.297 e. The van der Waals surface area contributed by atoms with E-state index in [4.69, 9.17) is 4.42 Å². The fourth-order valence-corrected chi connectivity index (χ4v) is 18.5. The Morgan fingerprint density at radius 3 is 1.52 bits per heavy atom. The molecule has 3 aliphatic heterocycles. The lowest BCUT2D eigenvalue weighted by molar-refractivity contribution is 0.195. The van der Waals surface area contributed by atoms with Gasteiger partial charge in [0.15, 0.2) is 0 Å². The number of fused-ring (bicyclic) bond motifs is 13. The number of para-hydroxylation sites is 1. The fraction of sp³-hybridized carbons (Fsp3) is 0.500. The van der Waals surface area contributed by atoms with Crippen molar-refractivity contribution < 1.29 is 4.42 Å². The molecule has 0 spiro atoms. The number of hydrogen-bond acceptors (Lipinski definition) is 4. The van der Waals surface area contributed by atoms with Crippen LogP contribution in [-0.2, 0) is 37.9 Å². The first-order valence-electron chi connectivity index (χ1n) is 31.9. The summed E-state index contributed by atoms with van der Waals surface area (Å²) in [5.74, 6) is 0.967. The van der Waals surface area contributed by atoms with Gasteiger partial charge in [0.05, 0.1) is 16.9 Å². The molecule has 0 N–H and O–H groups in total. The van der Waals surface area contributed by atoms with E-state index < -0.39 is 0 Å². The second-order valence-corrected chi connectivity index (χ2v) is 32.1. The second-order valence-electron chi connectivity index (χ2n) is 32.1. The molecule has 6 aromatic carbocycles. The quantitative estimate of drug-likeness (QED) is 0.165. The third kappa shape index (κ3) is 7.02. The Morgan fingerprint density at radius 1 is 0.432 bits per heavy atom. The highest BCUT2D eigenvalue weighted by molar-refractivity contribution is 7.00. The van der Waals surface area contributed by atoms with Crippen molar-refractivity contribution in [2.45, 2.75) is 243 Å². The number of nitrogens with zero attached hydrogens (tertiary/aromatic N) is 3. The van der Waals surface area contributed by atoms with Gasteiger partial charge in [-0.1, -0.05) is 153 Å². The third-order valence-corrected chi connectivity index (χ3v) is 24.4. The molecule has 0 radical (unpaired) electrons. The molecule has 8 aliphatic rings. The number of hydrogen-bond donors (Lipinski definition) is 0. The molecule has 418 valence electrons. The minimum Gasteiger partial charge on any atom is -0.468 e. The zero-order valence-electron chi connectivity index (χ0n) is 52.2. The van der Waals surface area contributed by atoms with Crippen LogP contribution in [0.1, 0.15) is 250 Å². The van der Waals surface area contributed by atoms with Crippen LogP contribution in [0.2, 0.25) is 0 Å². The van der Waals surface area contributed by atoms with Gasteiger partial charge in [-0.05, 0) is 237 Å². The van der Waals surface area contributed by atoms with Crippen molar-refractivity contribution >= 4 is 79.8 Å². The lowest BCUT2D eigenvalue weighted by Crippen LogP contribution is -2.61. The SMILES string of the molecule is CC1CCC(C)c2cc3c4c(oc3cc21)B1c2cc3c(cc2N(c2ccc5c(c2)C(C)(C)CCC5(C)C)c2cc(N5c6ccccc6C6(C)CCCCC56C)cc(c21)N4c1ccc2c(c1)C(C)(C)CCC2(C)C)C(C)(C)CCC3(C)C. The van der Waals surface area contributed by atoms with Crippen LogP contribution in [0.25, 0.3) is 11.0 Å². The van der Waals surface area contributed by atoms with E-state index in [-0.39, 0.29) is 50.2 Å². The van der Waals surface area contributed by atoms with E-state index in [1.165, 1.54) is 163 Å². The molecule has 1 saturated carbocycles. The summed E-state index contributed by atoms with van der Waals surface area (Å²) in [6.07, 6.45) is 14.3. The largest absolute Gasteiger partial charge is 0.468 e. The van der Waals surface area contributed by atoms with Gasteiger partial charge in [0.1, 0.15) is 5.58 Å². The summed E-state index contributed by atoms with van der Waals surface area (Å²) in [6, 6.07) is 40.7. The maximum atomic E-state index is 7.89. The molecule has 0 amide bonds. The molecule has 0 bridgehead atoms. The predicted octanol–water partition coefficient (Wildman–Crippen LogP) is 19.3. The van der Waals surface area contributed by atoms with Gasteiger partial charge < -0.3 is 19.1 Å². The van der Waals surface area contributed by atoms with Gasteiger partial charge in [-0.15, -0.1) is 0 Å². The van der Waals surface area contributed by atoms with E-state index >= 15 is 0 Å². The summed E-state index contributed by atoms with van der Waals surface area (Å²) < 4.78 is 7.89. The topological polar surface area (TPSA) is 22.9 Å². The molecule has 5 aliphatic carbocycles. The van der Waals surface area contributed by atoms with E-state index in [1.54, 1.807) is 0 Å². The smallest absolute Gasteiger partial charge is 0.297 e. The zero-order chi connectivity index (χ0) is 56.7. The molecular weight excluding hydrogens is 982 g/mol. The Bertz CT molecular complexity index is 3860. The Morgan fingerprint density at radius 2 is 0.926 bits per heavy atom. The molecule has 4 atom stereocenters. The lowest BCUT2D eigenvalue weighted by Gasteiger charge is -2.51. The second kappa shape index (κ2) is 16.6. The van der Waals surface area contributed by atoms with Crippen LogP contribution < -0.4 is 31.3 Å². The van der Waals surface area contributed by atoms with Gasteiger partial charge in [0.25, 0.3) is 6.71 Å². The molecule has 7 aromatic rings. The van der Waals surface area contributed by atoms with E-state index in [0.29, 0.717) is 11.8 Å². The Labute approximate surface area is 486 Å². The number of furan rings is 1. The molecule has 81 heavy (non-hydrogen) atoms. The van der Waals surface area contributed by atoms with Crippen molar-refractivity contribution in [2.75, 3.05) is 14.7 Å². The molecule has 1 aromatic heterocycles. The molecule has 4 nitrogen and oxygen atoms in total. The van der Waals surface area contributed by atoms with Crippen LogP contribution in [0.4, 0.5) is 45.5 Å². The summed E-state index contributed by atoms with van der Waals surface area (Å²) in [7, 11) is 0. The van der Waals surface area contributed by atoms with Crippen LogP contribution in [-0.4, -0.2) is 12.3 Å². The van der Waals surface area contributed by atoms with Crippen LogP contribution >= 0.6 is 0 Å². The lowest BCUT2D eigenvalue weighted by atomic mass is 9.35. The number of benzene rings is 6. The molecular formula is C76H90BN3O. The van der Waals surface area contributed by atoms with Crippen molar-refractivity contribution in [3.63, 3.8) is 0 Å². The number of anilines is 8.